The summed E-state index contributed by atoms with van der Waals surface area (Å²) in [6.07, 6.45) is 6.68. The van der Waals surface area contributed by atoms with Gasteiger partial charge in [0.25, 0.3) is 5.91 Å². The van der Waals surface area contributed by atoms with Gasteiger partial charge in [-0.1, -0.05) is 36.4 Å². The number of benzene rings is 2. The highest BCUT2D eigenvalue weighted by Crippen LogP contribution is 2.55. The van der Waals surface area contributed by atoms with Crippen molar-refractivity contribution in [3.05, 3.63) is 65.2 Å². The molecule has 2 saturated heterocycles. The van der Waals surface area contributed by atoms with Crippen LogP contribution in [0.3, 0.4) is 0 Å². The van der Waals surface area contributed by atoms with Crippen LogP contribution in [0, 0.1) is 5.92 Å². The number of amides is 1. The molecule has 0 aromatic heterocycles. The topological polar surface area (TPSA) is 62.2 Å². The fourth-order valence-corrected chi connectivity index (χ4v) is 5.95. The summed E-state index contributed by atoms with van der Waals surface area (Å²) in [5.74, 6) is 2.30. The van der Waals surface area contributed by atoms with E-state index in [1.54, 1.807) is 6.07 Å². The molecule has 1 saturated carbocycles. The van der Waals surface area contributed by atoms with Crippen molar-refractivity contribution in [1.82, 2.24) is 9.80 Å². The molecule has 0 bridgehead atoms. The Kier molecular flexibility index (Phi) is 4.96. The van der Waals surface area contributed by atoms with Crippen LogP contribution in [0.15, 0.2) is 48.5 Å². The number of ether oxygens (including phenoxy) is 2. The van der Waals surface area contributed by atoms with E-state index in [0.29, 0.717) is 30.2 Å². The summed E-state index contributed by atoms with van der Waals surface area (Å²) >= 11 is 0. The number of hydrogen-bond donors (Lipinski definition) is 1. The van der Waals surface area contributed by atoms with Crippen LogP contribution < -0.4 is 9.47 Å². The number of rotatable bonds is 6. The second-order valence-corrected chi connectivity index (χ2v) is 9.82. The van der Waals surface area contributed by atoms with Crippen LogP contribution in [0.4, 0.5) is 0 Å². The summed E-state index contributed by atoms with van der Waals surface area (Å²) in [6.45, 7) is 4.76. The lowest BCUT2D eigenvalue weighted by Crippen LogP contribution is -2.85. The van der Waals surface area contributed by atoms with Crippen LogP contribution in [-0.4, -0.2) is 65.4 Å². The fourth-order valence-electron chi connectivity index (χ4n) is 5.95. The number of carbonyl (C=O) groups excluding carboxylic acids is 1. The molecule has 1 N–H and O–H groups in total. The smallest absolute Gasteiger partial charge is 0.254 e. The highest BCUT2D eigenvalue weighted by atomic mass is 16.7. The molecule has 3 fully saturated rings. The van der Waals surface area contributed by atoms with Gasteiger partial charge in [-0.15, -0.1) is 0 Å². The van der Waals surface area contributed by atoms with Crippen LogP contribution in [0.25, 0.3) is 6.08 Å². The van der Waals surface area contributed by atoms with E-state index < -0.39 is 0 Å². The highest BCUT2D eigenvalue weighted by Gasteiger charge is 2.66. The summed E-state index contributed by atoms with van der Waals surface area (Å²) in [7, 11) is 0. The minimum Gasteiger partial charge on any atom is -0.454 e. The number of fused-ring (bicyclic) bond motifs is 1. The first-order valence-electron chi connectivity index (χ1n) is 11.9. The lowest BCUT2D eigenvalue weighted by atomic mass is 9.60. The molecule has 6 nitrogen and oxygen atoms in total. The molecule has 6 rings (SSSR count). The van der Waals surface area contributed by atoms with Crippen molar-refractivity contribution < 1.29 is 19.4 Å². The Morgan fingerprint density at radius 2 is 1.88 bits per heavy atom. The van der Waals surface area contributed by atoms with E-state index in [2.05, 4.69) is 35.2 Å². The van der Waals surface area contributed by atoms with Crippen LogP contribution in [0.2, 0.25) is 0 Å². The van der Waals surface area contributed by atoms with Gasteiger partial charge in [0.05, 0.1) is 12.1 Å². The maximum Gasteiger partial charge on any atom is 0.254 e. The molecular weight excluding hydrogens is 416 g/mol. The third-order valence-electron chi connectivity index (χ3n) is 7.77. The number of aliphatic hydroxyl groups is 1. The van der Waals surface area contributed by atoms with E-state index in [4.69, 9.17) is 9.47 Å². The van der Waals surface area contributed by atoms with Gasteiger partial charge in [-0.25, -0.2) is 0 Å². The van der Waals surface area contributed by atoms with Gasteiger partial charge in [0.2, 0.25) is 6.79 Å². The van der Waals surface area contributed by atoms with Gasteiger partial charge in [0.15, 0.2) is 11.5 Å². The molecule has 1 amide bonds. The molecule has 172 valence electrons. The number of likely N-dealkylation sites (tertiary alicyclic amines) is 2. The lowest BCUT2D eigenvalue weighted by molar-refractivity contribution is -0.180. The van der Waals surface area contributed by atoms with Crippen molar-refractivity contribution in [3.63, 3.8) is 0 Å². The molecule has 1 aliphatic carbocycles. The first-order chi connectivity index (χ1) is 16.1. The molecule has 6 heteroatoms. The Labute approximate surface area is 194 Å². The average molecular weight is 447 g/mol. The Morgan fingerprint density at radius 3 is 2.58 bits per heavy atom. The Morgan fingerprint density at radius 1 is 1.12 bits per heavy atom. The number of carbonyl (C=O) groups is 1. The second kappa shape index (κ2) is 7.89. The van der Waals surface area contributed by atoms with Crippen molar-refractivity contribution in [2.45, 2.75) is 37.3 Å². The van der Waals surface area contributed by atoms with Crippen LogP contribution >= 0.6 is 0 Å². The molecule has 0 radical (unpaired) electrons. The summed E-state index contributed by atoms with van der Waals surface area (Å²) in [4.78, 5) is 17.7. The third kappa shape index (κ3) is 3.35. The summed E-state index contributed by atoms with van der Waals surface area (Å²) in [5, 5.41) is 10.3. The van der Waals surface area contributed by atoms with Crippen molar-refractivity contribution in [1.29, 1.82) is 0 Å². The monoisotopic (exact) mass is 446 g/mol. The average Bonchev–Trinajstić information content (AvgIpc) is 3.50. The fraction of sp³-hybridized carbons (Fsp3) is 0.444. The molecule has 4 aliphatic rings. The van der Waals surface area contributed by atoms with E-state index in [0.717, 1.165) is 12.5 Å². The molecule has 2 atom stereocenters. The molecular formula is C27H30N2O4. The van der Waals surface area contributed by atoms with Gasteiger partial charge >= 0.3 is 0 Å². The maximum atomic E-state index is 13.3. The van der Waals surface area contributed by atoms with E-state index in [9.17, 15) is 9.90 Å². The first kappa shape index (κ1) is 20.8. The normalized spacial score (nSPS) is 25.3. The highest BCUT2D eigenvalue weighted by molar-refractivity contribution is 5.96. The third-order valence-corrected chi connectivity index (χ3v) is 7.77. The number of allylic oxidation sites excluding steroid dienone is 1. The van der Waals surface area contributed by atoms with E-state index in [1.165, 1.54) is 24.0 Å². The molecule has 0 unspecified atom stereocenters. The molecule has 33 heavy (non-hydrogen) atoms. The first-order valence-corrected chi connectivity index (χ1v) is 11.9. The van der Waals surface area contributed by atoms with Crippen molar-refractivity contribution in [2.75, 3.05) is 33.0 Å². The van der Waals surface area contributed by atoms with Gasteiger partial charge in [-0.3, -0.25) is 9.69 Å². The van der Waals surface area contributed by atoms with Gasteiger partial charge in [-0.05, 0) is 55.0 Å². The number of aliphatic hydroxyl groups excluding tert-OH is 1. The molecule has 3 heterocycles. The standard InChI is InChI=1S/C27H30N2O4/c1-2-3-18-6-8-20(9-7-18)25-22(14-30)29(13-19-4-5-19)27(25)15-28(16-27)26(31)21-10-11-23-24(12-21)33-17-32-23/h2-3,6-12,19,22,25,30H,4-5,13-17H2,1H3/b3-2+/t22-,25+/m1/s1. The Bertz CT molecular complexity index is 1090. The quantitative estimate of drug-likeness (QED) is 0.736. The summed E-state index contributed by atoms with van der Waals surface area (Å²) in [5.41, 5.74) is 2.97. The van der Waals surface area contributed by atoms with Gasteiger partial charge < -0.3 is 19.5 Å². The van der Waals surface area contributed by atoms with Crippen molar-refractivity contribution >= 4 is 12.0 Å². The maximum absolute atomic E-state index is 13.3. The summed E-state index contributed by atoms with van der Waals surface area (Å²) < 4.78 is 10.8. The second-order valence-electron chi connectivity index (χ2n) is 9.82. The molecule has 2 aromatic carbocycles. The zero-order valence-electron chi connectivity index (χ0n) is 18.9. The number of hydrogen-bond acceptors (Lipinski definition) is 5. The van der Waals surface area contributed by atoms with Crippen molar-refractivity contribution in [2.24, 2.45) is 5.92 Å². The zero-order chi connectivity index (χ0) is 22.6. The largest absolute Gasteiger partial charge is 0.454 e. The van der Waals surface area contributed by atoms with E-state index in [1.807, 2.05) is 30.0 Å². The minimum atomic E-state index is -0.0932. The Hall–Kier alpha value is -2.83. The van der Waals surface area contributed by atoms with Crippen molar-refractivity contribution in [3.8, 4) is 11.5 Å². The van der Waals surface area contributed by atoms with Crippen LogP contribution in [0.1, 0.15) is 47.2 Å². The van der Waals surface area contributed by atoms with E-state index >= 15 is 0 Å². The van der Waals surface area contributed by atoms with E-state index in [-0.39, 0.29) is 36.8 Å². The molecule has 2 aromatic rings. The SMILES string of the molecule is C/C=C/c1ccc([C@H]2[C@@H](CO)N(CC3CC3)C23CN(C(=O)c2ccc4c(c2)OCO4)C3)cc1. The van der Waals surface area contributed by atoms with Crippen LogP contribution in [-0.2, 0) is 0 Å². The van der Waals surface area contributed by atoms with Gasteiger partial charge in [-0.2, -0.15) is 0 Å². The predicted octanol–water partition coefficient (Wildman–Crippen LogP) is 3.51. The summed E-state index contributed by atoms with van der Waals surface area (Å²) in [6, 6.07) is 14.2. The van der Waals surface area contributed by atoms with Gasteiger partial charge in [0, 0.05) is 37.2 Å². The lowest BCUT2D eigenvalue weighted by Gasteiger charge is -2.71. The number of nitrogens with zero attached hydrogens (tertiary/aromatic N) is 2. The Balaban J connectivity index is 1.25. The predicted molar refractivity (Wildman–Crippen MR) is 125 cm³/mol. The van der Waals surface area contributed by atoms with Gasteiger partial charge in [0.1, 0.15) is 0 Å². The minimum absolute atomic E-state index is 0.0277. The molecule has 1 spiro atoms. The zero-order valence-corrected chi connectivity index (χ0v) is 18.9. The molecule has 3 aliphatic heterocycles. The van der Waals surface area contributed by atoms with Crippen LogP contribution in [0.5, 0.6) is 11.5 Å².